The molecule has 0 aromatic rings. The molecule has 0 heterocycles. The van der Waals surface area contributed by atoms with Gasteiger partial charge in [-0.15, -0.1) is 5.98 Å². The lowest BCUT2D eigenvalue weighted by molar-refractivity contribution is 0.294. The SMILES string of the molecule is CC(C)C(C)B(/C=C/CCO[Si](C)(C)C(C)(C)C)C(C)C(C)C. The lowest BCUT2D eigenvalue weighted by Crippen LogP contribution is -2.40. The fraction of sp³-hybridized carbons (Fsp3) is 0.900. The third-order valence-corrected chi connectivity index (χ3v) is 10.8. The van der Waals surface area contributed by atoms with Crippen molar-refractivity contribution in [1.82, 2.24) is 0 Å². The summed E-state index contributed by atoms with van der Waals surface area (Å²) in [6, 6.07) is 0. The van der Waals surface area contributed by atoms with Crippen LogP contribution in [0.15, 0.2) is 12.1 Å². The van der Waals surface area contributed by atoms with E-state index in [2.05, 4.69) is 87.5 Å². The van der Waals surface area contributed by atoms with E-state index in [0.29, 0.717) is 11.8 Å². The van der Waals surface area contributed by atoms with Gasteiger partial charge in [-0.05, 0) is 24.6 Å². The maximum Gasteiger partial charge on any atom is 0.191 e. The van der Waals surface area contributed by atoms with Gasteiger partial charge in [-0.3, -0.25) is 0 Å². The van der Waals surface area contributed by atoms with E-state index in [0.717, 1.165) is 36.5 Å². The van der Waals surface area contributed by atoms with Gasteiger partial charge in [0.15, 0.2) is 15.0 Å². The molecule has 23 heavy (non-hydrogen) atoms. The van der Waals surface area contributed by atoms with Crippen molar-refractivity contribution >= 4 is 15.0 Å². The van der Waals surface area contributed by atoms with E-state index in [-0.39, 0.29) is 0 Å². The first kappa shape index (κ1) is 23.0. The summed E-state index contributed by atoms with van der Waals surface area (Å²) in [6.45, 7) is 27.3. The van der Waals surface area contributed by atoms with Crippen molar-refractivity contribution in [3.63, 3.8) is 0 Å². The Balaban J connectivity index is 4.64. The van der Waals surface area contributed by atoms with E-state index in [1.165, 1.54) is 0 Å². The predicted molar refractivity (Wildman–Crippen MR) is 111 cm³/mol. The normalized spacial score (nSPS) is 16.4. The Morgan fingerprint density at radius 1 is 0.913 bits per heavy atom. The second kappa shape index (κ2) is 9.46. The van der Waals surface area contributed by atoms with E-state index >= 15 is 0 Å². The van der Waals surface area contributed by atoms with Gasteiger partial charge in [0.1, 0.15) is 0 Å². The molecule has 0 spiro atoms. The van der Waals surface area contributed by atoms with Crippen LogP contribution in [0.2, 0.25) is 29.8 Å². The molecule has 0 rings (SSSR count). The van der Waals surface area contributed by atoms with Crippen molar-refractivity contribution in [3.8, 4) is 0 Å². The monoisotopic (exact) mass is 338 g/mol. The number of rotatable bonds is 9. The Labute approximate surface area is 148 Å². The van der Waals surface area contributed by atoms with Gasteiger partial charge in [-0.2, -0.15) is 0 Å². The summed E-state index contributed by atoms with van der Waals surface area (Å²) >= 11 is 0. The molecule has 2 unspecified atom stereocenters. The summed E-state index contributed by atoms with van der Waals surface area (Å²) in [4.78, 5) is 0. The molecule has 2 atom stereocenters. The lowest BCUT2D eigenvalue weighted by atomic mass is 9.31. The van der Waals surface area contributed by atoms with Crippen molar-refractivity contribution in [2.24, 2.45) is 11.8 Å². The Hall–Kier alpha value is -0.0182. The summed E-state index contributed by atoms with van der Waals surface area (Å²) in [5, 5.41) is 0.303. The molecule has 0 N–H and O–H groups in total. The van der Waals surface area contributed by atoms with Gasteiger partial charge in [0, 0.05) is 6.61 Å². The van der Waals surface area contributed by atoms with E-state index in [9.17, 15) is 0 Å². The third-order valence-electron chi connectivity index (χ3n) is 6.23. The third kappa shape index (κ3) is 7.60. The lowest BCUT2D eigenvalue weighted by Gasteiger charge is -2.36. The smallest absolute Gasteiger partial charge is 0.191 e. The zero-order valence-electron chi connectivity index (χ0n) is 17.9. The first-order chi connectivity index (χ1) is 10.3. The summed E-state index contributed by atoms with van der Waals surface area (Å²) in [7, 11) is -1.60. The molecule has 0 aliphatic heterocycles. The van der Waals surface area contributed by atoms with Crippen LogP contribution < -0.4 is 0 Å². The molecule has 136 valence electrons. The van der Waals surface area contributed by atoms with Crippen LogP contribution in [0.1, 0.15) is 68.7 Å². The standard InChI is InChI=1S/C20H43BOSi/c1-16(2)18(5)21(19(6)17(3)4)14-12-13-15-22-23(10,11)20(7,8)9/h12,14,16-19H,13,15H2,1-11H3/b14-12+. The number of hydrogen-bond donors (Lipinski definition) is 0. The van der Waals surface area contributed by atoms with Crippen LogP contribution >= 0.6 is 0 Å². The molecule has 0 saturated carbocycles. The van der Waals surface area contributed by atoms with Crippen LogP contribution in [-0.2, 0) is 4.43 Å². The first-order valence-electron chi connectivity index (χ1n) is 9.62. The highest BCUT2D eigenvalue weighted by molar-refractivity contribution is 6.74. The minimum atomic E-state index is -1.60. The van der Waals surface area contributed by atoms with Crippen LogP contribution in [0.5, 0.6) is 0 Å². The summed E-state index contributed by atoms with van der Waals surface area (Å²) in [5.74, 6) is 5.39. The molecule has 0 aromatic carbocycles. The number of hydrogen-bond acceptors (Lipinski definition) is 1. The van der Waals surface area contributed by atoms with Crippen molar-refractivity contribution in [1.29, 1.82) is 0 Å². The molecule has 0 bridgehead atoms. The molecule has 0 amide bonds. The van der Waals surface area contributed by atoms with Gasteiger partial charge in [0.2, 0.25) is 0 Å². The zero-order chi connectivity index (χ0) is 18.4. The summed E-state index contributed by atoms with van der Waals surface area (Å²) in [5.41, 5.74) is 0. The fourth-order valence-corrected chi connectivity index (χ4v) is 3.63. The molecule has 0 radical (unpaired) electrons. The van der Waals surface area contributed by atoms with E-state index in [4.69, 9.17) is 4.43 Å². The highest BCUT2D eigenvalue weighted by Gasteiger charge is 2.36. The van der Waals surface area contributed by atoms with Crippen LogP contribution in [0.3, 0.4) is 0 Å². The fourth-order valence-electron chi connectivity index (χ4n) is 2.57. The van der Waals surface area contributed by atoms with Crippen LogP contribution in [0.25, 0.3) is 0 Å². The van der Waals surface area contributed by atoms with E-state index < -0.39 is 8.32 Å². The van der Waals surface area contributed by atoms with Gasteiger partial charge in [-0.1, -0.05) is 91.9 Å². The van der Waals surface area contributed by atoms with Gasteiger partial charge in [0.25, 0.3) is 0 Å². The molecule has 0 aliphatic carbocycles. The topological polar surface area (TPSA) is 9.23 Å². The highest BCUT2D eigenvalue weighted by Crippen LogP contribution is 2.36. The molecule has 0 saturated heterocycles. The first-order valence-corrected chi connectivity index (χ1v) is 12.5. The Morgan fingerprint density at radius 3 is 1.70 bits per heavy atom. The van der Waals surface area contributed by atoms with Crippen LogP contribution in [0.4, 0.5) is 0 Å². The Kier molecular flexibility index (Phi) is 9.45. The molecular formula is C20H43BOSi. The van der Waals surface area contributed by atoms with Gasteiger partial charge >= 0.3 is 0 Å². The zero-order valence-corrected chi connectivity index (χ0v) is 18.9. The largest absolute Gasteiger partial charge is 0.417 e. The second-order valence-corrected chi connectivity index (χ2v) is 14.4. The minimum Gasteiger partial charge on any atom is -0.417 e. The maximum absolute atomic E-state index is 6.28. The predicted octanol–water partition coefficient (Wildman–Crippen LogP) is 7.08. The summed E-state index contributed by atoms with van der Waals surface area (Å²) in [6.07, 6.45) is 3.41. The molecule has 0 fully saturated rings. The maximum atomic E-state index is 6.28. The van der Waals surface area contributed by atoms with Gasteiger partial charge < -0.3 is 4.43 Å². The molecule has 0 aliphatic rings. The van der Waals surface area contributed by atoms with Crippen LogP contribution in [0, 0.1) is 11.8 Å². The van der Waals surface area contributed by atoms with Gasteiger partial charge in [0.05, 0.1) is 0 Å². The Bertz CT molecular complexity index is 341. The van der Waals surface area contributed by atoms with Gasteiger partial charge in [-0.25, -0.2) is 0 Å². The minimum absolute atomic E-state index is 0.303. The van der Waals surface area contributed by atoms with Crippen LogP contribution in [-0.4, -0.2) is 21.6 Å². The van der Waals surface area contributed by atoms with E-state index in [1.807, 2.05) is 0 Å². The van der Waals surface area contributed by atoms with Crippen molar-refractivity contribution in [2.75, 3.05) is 6.61 Å². The average molecular weight is 338 g/mol. The molecule has 3 heteroatoms. The molecule has 1 nitrogen and oxygen atoms in total. The van der Waals surface area contributed by atoms with E-state index in [1.54, 1.807) is 0 Å². The van der Waals surface area contributed by atoms with Crippen molar-refractivity contribution in [3.05, 3.63) is 12.1 Å². The molecule has 0 aromatic heterocycles. The van der Waals surface area contributed by atoms with Crippen molar-refractivity contribution < 1.29 is 4.43 Å². The van der Waals surface area contributed by atoms with Crippen molar-refractivity contribution in [2.45, 2.75) is 98.5 Å². The summed E-state index contributed by atoms with van der Waals surface area (Å²) < 4.78 is 6.28. The molecular weight excluding hydrogens is 295 g/mol. The highest BCUT2D eigenvalue weighted by atomic mass is 28.4. The quantitative estimate of drug-likeness (QED) is 0.322. The Morgan fingerprint density at radius 2 is 1.35 bits per heavy atom. The average Bonchev–Trinajstić information content (AvgIpc) is 2.39. The second-order valence-electron chi connectivity index (χ2n) is 9.61.